The largest absolute Gasteiger partial charge is 0.487 e. The van der Waals surface area contributed by atoms with E-state index in [1.807, 2.05) is 25.7 Å². The van der Waals surface area contributed by atoms with Crippen LogP contribution in [-0.2, 0) is 4.74 Å². The van der Waals surface area contributed by atoms with Gasteiger partial charge in [-0.15, -0.1) is 0 Å². The van der Waals surface area contributed by atoms with Gasteiger partial charge in [0.1, 0.15) is 18.0 Å². The van der Waals surface area contributed by atoms with Crippen LogP contribution in [0.2, 0.25) is 0 Å². The first-order chi connectivity index (χ1) is 12.7. The van der Waals surface area contributed by atoms with Gasteiger partial charge in [-0.25, -0.2) is 14.0 Å². The number of carboxylic acid groups (broad SMARTS) is 1. The van der Waals surface area contributed by atoms with Crippen LogP contribution in [0.25, 0.3) is 0 Å². The fourth-order valence-corrected chi connectivity index (χ4v) is 3.16. The zero-order chi connectivity index (χ0) is 19.8. The molecule has 0 aliphatic carbocycles. The summed E-state index contributed by atoms with van der Waals surface area (Å²) in [6.45, 7) is 7.56. The minimum absolute atomic E-state index is 0.150. The van der Waals surface area contributed by atoms with E-state index in [2.05, 4.69) is 0 Å². The summed E-state index contributed by atoms with van der Waals surface area (Å²) >= 11 is 0. The highest BCUT2D eigenvalue weighted by Gasteiger charge is 2.31. The number of fused-ring (bicyclic) bond motifs is 1. The zero-order valence-corrected chi connectivity index (χ0v) is 15.7. The molecule has 27 heavy (non-hydrogen) atoms. The van der Waals surface area contributed by atoms with E-state index >= 15 is 0 Å². The topological polar surface area (TPSA) is 82.6 Å². The van der Waals surface area contributed by atoms with E-state index in [9.17, 15) is 19.1 Å². The summed E-state index contributed by atoms with van der Waals surface area (Å²) < 4.78 is 25.2. The van der Waals surface area contributed by atoms with Gasteiger partial charge < -0.3 is 24.4 Å². The highest BCUT2D eigenvalue weighted by atomic mass is 19.1. The number of carbonyl (C=O) groups is 2. The van der Waals surface area contributed by atoms with Gasteiger partial charge >= 0.3 is 12.2 Å². The first-order valence-electron chi connectivity index (χ1n) is 8.85. The lowest BCUT2D eigenvalue weighted by atomic mass is 10.1. The second-order valence-corrected chi connectivity index (χ2v) is 7.51. The number of hydrogen-bond acceptors (Lipinski definition) is 5. The Kier molecular flexibility index (Phi) is 5.03. The van der Waals surface area contributed by atoms with Gasteiger partial charge in [-0.1, -0.05) is 0 Å². The molecule has 1 aromatic rings. The van der Waals surface area contributed by atoms with Gasteiger partial charge in [0, 0.05) is 38.3 Å². The van der Waals surface area contributed by atoms with Crippen molar-refractivity contribution in [1.82, 2.24) is 4.90 Å². The molecule has 0 saturated carbocycles. The second-order valence-electron chi connectivity index (χ2n) is 7.51. The number of hydrogen-bond donors (Lipinski definition) is 1. The molecule has 1 saturated heterocycles. The lowest BCUT2D eigenvalue weighted by Gasteiger charge is -2.38. The van der Waals surface area contributed by atoms with Gasteiger partial charge in [-0.2, -0.15) is 0 Å². The molecule has 1 N–H and O–H groups in total. The summed E-state index contributed by atoms with van der Waals surface area (Å²) in [5.41, 5.74) is 0.141. The Morgan fingerprint density at radius 1 is 1.11 bits per heavy atom. The number of amides is 2. The van der Waals surface area contributed by atoms with Crippen molar-refractivity contribution < 1.29 is 28.6 Å². The molecule has 8 nitrogen and oxygen atoms in total. The third kappa shape index (κ3) is 4.17. The summed E-state index contributed by atoms with van der Waals surface area (Å²) in [7, 11) is 0. The van der Waals surface area contributed by atoms with Gasteiger partial charge in [0.2, 0.25) is 0 Å². The van der Waals surface area contributed by atoms with Gasteiger partial charge in [0.05, 0.1) is 17.9 Å². The molecule has 0 bridgehead atoms. The van der Waals surface area contributed by atoms with Crippen molar-refractivity contribution in [3.63, 3.8) is 0 Å². The third-order valence-corrected chi connectivity index (χ3v) is 4.37. The number of benzene rings is 1. The number of nitrogens with zero attached hydrogens (tertiary/aromatic N) is 3. The van der Waals surface area contributed by atoms with Crippen LogP contribution < -0.4 is 14.5 Å². The van der Waals surface area contributed by atoms with Crippen LogP contribution in [0.5, 0.6) is 5.75 Å². The summed E-state index contributed by atoms with van der Waals surface area (Å²) in [5, 5.41) is 9.34. The van der Waals surface area contributed by atoms with E-state index in [0.29, 0.717) is 37.6 Å². The van der Waals surface area contributed by atoms with Crippen LogP contribution in [0.4, 0.5) is 25.4 Å². The Bertz CT molecular complexity index is 741. The Labute approximate surface area is 157 Å². The molecular formula is C18H24FN3O5. The van der Waals surface area contributed by atoms with Crippen molar-refractivity contribution in [2.24, 2.45) is 0 Å². The van der Waals surface area contributed by atoms with Crippen LogP contribution in [0.1, 0.15) is 20.8 Å². The van der Waals surface area contributed by atoms with Gasteiger partial charge in [0.15, 0.2) is 5.75 Å². The number of anilines is 2. The van der Waals surface area contributed by atoms with Crippen molar-refractivity contribution >= 4 is 23.6 Å². The molecule has 0 radical (unpaired) electrons. The van der Waals surface area contributed by atoms with E-state index in [-0.39, 0.29) is 24.9 Å². The first kappa shape index (κ1) is 19.1. The summed E-state index contributed by atoms with van der Waals surface area (Å²) in [4.78, 5) is 28.2. The lowest BCUT2D eigenvalue weighted by Crippen LogP contribution is -2.50. The fourth-order valence-electron chi connectivity index (χ4n) is 3.16. The monoisotopic (exact) mass is 381 g/mol. The first-order valence-corrected chi connectivity index (χ1v) is 8.85. The van der Waals surface area contributed by atoms with Crippen LogP contribution in [0.15, 0.2) is 12.1 Å². The molecule has 0 aromatic heterocycles. The number of ether oxygens (including phenoxy) is 2. The number of halogens is 1. The molecule has 3 rings (SSSR count). The van der Waals surface area contributed by atoms with E-state index in [1.165, 1.54) is 12.1 Å². The maximum Gasteiger partial charge on any atom is 0.412 e. The quantitative estimate of drug-likeness (QED) is 0.806. The number of rotatable bonds is 1. The zero-order valence-electron chi connectivity index (χ0n) is 15.7. The van der Waals surface area contributed by atoms with Crippen molar-refractivity contribution in [2.75, 3.05) is 49.1 Å². The minimum atomic E-state index is -1.15. The normalized spacial score (nSPS) is 17.3. The smallest absolute Gasteiger partial charge is 0.412 e. The predicted octanol–water partition coefficient (Wildman–Crippen LogP) is 2.76. The van der Waals surface area contributed by atoms with Crippen LogP contribution in [0.3, 0.4) is 0 Å². The van der Waals surface area contributed by atoms with Gasteiger partial charge in [-0.05, 0) is 20.8 Å². The highest BCUT2D eigenvalue weighted by molar-refractivity contribution is 5.91. The Morgan fingerprint density at radius 3 is 2.33 bits per heavy atom. The SMILES string of the molecule is CC(C)(C)OC(=O)N1CCN(c2cc(F)cc3c2OCCN3C(=O)O)CC1. The standard InChI is InChI=1S/C18H24FN3O5/c1-18(2,3)27-17(25)21-6-4-20(5-7-21)13-10-12(19)11-14-15(13)26-9-8-22(14)16(23)24/h10-11H,4-9H2,1-3H3,(H,23,24). The highest BCUT2D eigenvalue weighted by Crippen LogP contribution is 2.41. The average Bonchev–Trinajstić information content (AvgIpc) is 2.59. The molecule has 2 aliphatic heterocycles. The molecule has 9 heteroatoms. The lowest BCUT2D eigenvalue weighted by molar-refractivity contribution is 0.0240. The van der Waals surface area contributed by atoms with Gasteiger partial charge in [-0.3, -0.25) is 4.90 Å². The molecule has 148 valence electrons. The second kappa shape index (κ2) is 7.13. The molecule has 1 aromatic carbocycles. The molecule has 0 unspecified atom stereocenters. The average molecular weight is 381 g/mol. The summed E-state index contributed by atoms with van der Waals surface area (Å²) in [6, 6.07) is 2.51. The number of piperazine rings is 1. The summed E-state index contributed by atoms with van der Waals surface area (Å²) in [6.07, 6.45) is -1.53. The molecule has 2 amide bonds. The van der Waals surface area contributed by atoms with E-state index in [4.69, 9.17) is 9.47 Å². The Balaban J connectivity index is 1.77. The molecular weight excluding hydrogens is 357 g/mol. The Morgan fingerprint density at radius 2 is 1.74 bits per heavy atom. The van der Waals surface area contributed by atoms with Gasteiger partial charge in [0.25, 0.3) is 0 Å². The molecule has 2 heterocycles. The maximum absolute atomic E-state index is 14.2. The molecule has 0 spiro atoms. The van der Waals surface area contributed by atoms with Crippen molar-refractivity contribution in [1.29, 1.82) is 0 Å². The maximum atomic E-state index is 14.2. The molecule has 2 aliphatic rings. The van der Waals surface area contributed by atoms with E-state index in [0.717, 1.165) is 4.90 Å². The molecule has 1 fully saturated rings. The summed E-state index contributed by atoms with van der Waals surface area (Å²) in [5.74, 6) is -0.175. The van der Waals surface area contributed by atoms with Crippen molar-refractivity contribution in [3.8, 4) is 5.75 Å². The van der Waals surface area contributed by atoms with E-state index in [1.54, 1.807) is 4.90 Å². The van der Waals surface area contributed by atoms with Crippen LogP contribution in [0, 0.1) is 5.82 Å². The Hall–Kier alpha value is -2.71. The van der Waals surface area contributed by atoms with Crippen molar-refractivity contribution in [2.45, 2.75) is 26.4 Å². The minimum Gasteiger partial charge on any atom is -0.487 e. The third-order valence-electron chi connectivity index (χ3n) is 4.37. The number of carbonyl (C=O) groups excluding carboxylic acids is 1. The predicted molar refractivity (Wildman–Crippen MR) is 97.3 cm³/mol. The van der Waals surface area contributed by atoms with Crippen LogP contribution in [-0.4, -0.2) is 67.1 Å². The fraction of sp³-hybridized carbons (Fsp3) is 0.556. The van der Waals surface area contributed by atoms with Crippen LogP contribution >= 0.6 is 0 Å². The molecule has 0 atom stereocenters. The van der Waals surface area contributed by atoms with E-state index < -0.39 is 17.5 Å². The van der Waals surface area contributed by atoms with Crippen molar-refractivity contribution in [3.05, 3.63) is 17.9 Å².